The molecule has 23 heavy (non-hydrogen) atoms. The number of anilines is 1. The largest absolute Gasteiger partial charge is 0.497 e. The van der Waals surface area contributed by atoms with Crippen LogP contribution in [0.3, 0.4) is 0 Å². The molecule has 3 aromatic rings. The molecule has 1 heterocycles. The van der Waals surface area contributed by atoms with Crippen LogP contribution in [0.1, 0.15) is 5.56 Å². The molecule has 0 saturated heterocycles. The first-order valence-corrected chi connectivity index (χ1v) is 7.13. The van der Waals surface area contributed by atoms with Crippen LogP contribution in [0.25, 0.3) is 11.4 Å². The molecule has 3 rings (SSSR count). The molecule has 6 heteroatoms. The average molecular weight is 308 g/mol. The van der Waals surface area contributed by atoms with Crippen LogP contribution in [-0.2, 0) is 11.2 Å². The van der Waals surface area contributed by atoms with E-state index >= 15 is 0 Å². The Bertz CT molecular complexity index is 783. The number of methoxy groups -OCH3 is 1. The quantitative estimate of drug-likeness (QED) is 0.759. The smallest absolute Gasteiger partial charge is 0.228 e. The number of aromatic amines is 1. The fourth-order valence-electron chi connectivity index (χ4n) is 2.22. The van der Waals surface area contributed by atoms with E-state index in [4.69, 9.17) is 4.74 Å². The van der Waals surface area contributed by atoms with Gasteiger partial charge in [-0.15, -0.1) is 0 Å². The molecule has 0 bridgehead atoms. The number of hydrogen-bond acceptors (Lipinski definition) is 4. The van der Waals surface area contributed by atoms with Crippen molar-refractivity contribution in [1.29, 1.82) is 0 Å². The van der Waals surface area contributed by atoms with Gasteiger partial charge < -0.3 is 10.1 Å². The fourth-order valence-corrected chi connectivity index (χ4v) is 2.22. The Hall–Kier alpha value is -3.15. The lowest BCUT2D eigenvalue weighted by Crippen LogP contribution is -2.14. The van der Waals surface area contributed by atoms with Gasteiger partial charge in [0.2, 0.25) is 5.91 Å². The summed E-state index contributed by atoms with van der Waals surface area (Å²) in [6.45, 7) is 0. The van der Waals surface area contributed by atoms with E-state index in [0.29, 0.717) is 12.2 Å². The number of ether oxygens (including phenoxy) is 1. The second-order valence-corrected chi connectivity index (χ2v) is 4.99. The van der Waals surface area contributed by atoms with Gasteiger partial charge in [0.25, 0.3) is 0 Å². The van der Waals surface area contributed by atoms with Crippen LogP contribution >= 0.6 is 0 Å². The molecule has 1 amide bonds. The van der Waals surface area contributed by atoms with Crippen molar-refractivity contribution in [3.05, 3.63) is 60.4 Å². The summed E-state index contributed by atoms with van der Waals surface area (Å²) in [4.78, 5) is 16.3. The zero-order chi connectivity index (χ0) is 16.1. The van der Waals surface area contributed by atoms with Crippen LogP contribution in [0.2, 0.25) is 0 Å². The summed E-state index contributed by atoms with van der Waals surface area (Å²) in [5.74, 6) is 1.36. The second-order valence-electron chi connectivity index (χ2n) is 4.99. The molecule has 0 spiro atoms. The Morgan fingerprint density at radius 3 is 2.74 bits per heavy atom. The molecular weight excluding hydrogens is 292 g/mol. The van der Waals surface area contributed by atoms with E-state index < -0.39 is 0 Å². The lowest BCUT2D eigenvalue weighted by molar-refractivity contribution is -0.115. The van der Waals surface area contributed by atoms with E-state index in [-0.39, 0.29) is 5.91 Å². The van der Waals surface area contributed by atoms with Gasteiger partial charge in [0.1, 0.15) is 12.1 Å². The molecule has 0 aliphatic rings. The Labute approximate surface area is 133 Å². The van der Waals surface area contributed by atoms with Crippen molar-refractivity contribution in [1.82, 2.24) is 15.2 Å². The normalized spacial score (nSPS) is 10.3. The predicted molar refractivity (Wildman–Crippen MR) is 87.1 cm³/mol. The third kappa shape index (κ3) is 3.74. The van der Waals surface area contributed by atoms with Crippen molar-refractivity contribution in [3.8, 4) is 17.1 Å². The molecule has 2 aromatic carbocycles. The maximum absolute atomic E-state index is 12.2. The maximum atomic E-state index is 12.2. The topological polar surface area (TPSA) is 79.9 Å². The standard InChI is InChI=1S/C17H16N4O2/c1-23-15-7-5-12(6-8-15)9-16(22)20-14-4-2-3-13(10-14)17-18-11-19-21-17/h2-8,10-11H,9H2,1H3,(H,20,22)(H,18,19,21). The predicted octanol–water partition coefficient (Wildman–Crippen LogP) is 2.66. The number of carbonyl (C=O) groups is 1. The maximum Gasteiger partial charge on any atom is 0.228 e. The van der Waals surface area contributed by atoms with Gasteiger partial charge in [0.05, 0.1) is 13.5 Å². The first-order valence-electron chi connectivity index (χ1n) is 7.13. The Morgan fingerprint density at radius 2 is 2.04 bits per heavy atom. The van der Waals surface area contributed by atoms with E-state index in [9.17, 15) is 4.79 Å². The minimum Gasteiger partial charge on any atom is -0.497 e. The number of nitrogens with zero attached hydrogens (tertiary/aromatic N) is 2. The summed E-state index contributed by atoms with van der Waals surface area (Å²) in [5, 5.41) is 9.51. The average Bonchev–Trinajstić information content (AvgIpc) is 3.10. The van der Waals surface area contributed by atoms with Crippen molar-refractivity contribution in [2.45, 2.75) is 6.42 Å². The minimum atomic E-state index is -0.0788. The first-order chi connectivity index (χ1) is 11.2. The van der Waals surface area contributed by atoms with Crippen LogP contribution in [-0.4, -0.2) is 28.2 Å². The molecule has 0 saturated carbocycles. The van der Waals surface area contributed by atoms with E-state index in [1.54, 1.807) is 7.11 Å². The van der Waals surface area contributed by atoms with Crippen LogP contribution in [0.15, 0.2) is 54.9 Å². The van der Waals surface area contributed by atoms with Gasteiger partial charge >= 0.3 is 0 Å². The van der Waals surface area contributed by atoms with E-state index in [2.05, 4.69) is 20.5 Å². The van der Waals surface area contributed by atoms with Crippen LogP contribution in [0, 0.1) is 0 Å². The number of hydrogen-bond donors (Lipinski definition) is 2. The van der Waals surface area contributed by atoms with E-state index in [1.807, 2.05) is 48.5 Å². The van der Waals surface area contributed by atoms with Crippen LogP contribution < -0.4 is 10.1 Å². The lowest BCUT2D eigenvalue weighted by atomic mass is 10.1. The van der Waals surface area contributed by atoms with E-state index in [1.165, 1.54) is 6.33 Å². The van der Waals surface area contributed by atoms with E-state index in [0.717, 1.165) is 22.6 Å². The van der Waals surface area contributed by atoms with Gasteiger partial charge in [-0.1, -0.05) is 24.3 Å². The third-order valence-electron chi connectivity index (χ3n) is 3.36. The molecule has 0 aliphatic carbocycles. The van der Waals surface area contributed by atoms with Crippen LogP contribution in [0.4, 0.5) is 5.69 Å². The van der Waals surface area contributed by atoms with Gasteiger partial charge in [-0.05, 0) is 29.8 Å². The zero-order valence-electron chi connectivity index (χ0n) is 12.6. The Morgan fingerprint density at radius 1 is 1.22 bits per heavy atom. The molecule has 0 fully saturated rings. The summed E-state index contributed by atoms with van der Waals surface area (Å²) in [6.07, 6.45) is 1.75. The molecule has 1 aromatic heterocycles. The number of amides is 1. The Kier molecular flexibility index (Phi) is 4.33. The van der Waals surface area contributed by atoms with Gasteiger partial charge in [-0.3, -0.25) is 9.89 Å². The van der Waals surface area contributed by atoms with Gasteiger partial charge in [0, 0.05) is 11.3 Å². The molecule has 0 aliphatic heterocycles. The van der Waals surface area contributed by atoms with Crippen LogP contribution in [0.5, 0.6) is 5.75 Å². The number of carbonyl (C=O) groups excluding carboxylic acids is 1. The Balaban J connectivity index is 1.66. The molecule has 116 valence electrons. The SMILES string of the molecule is COc1ccc(CC(=O)Nc2cccc(-c3ncn[nH]3)c2)cc1. The minimum absolute atomic E-state index is 0.0788. The van der Waals surface area contributed by atoms with Crippen molar-refractivity contribution in [2.24, 2.45) is 0 Å². The molecule has 2 N–H and O–H groups in total. The number of benzene rings is 2. The summed E-state index contributed by atoms with van der Waals surface area (Å²) < 4.78 is 5.10. The number of aromatic nitrogens is 3. The van der Waals surface area contributed by atoms with Gasteiger partial charge in [-0.2, -0.15) is 5.10 Å². The second kappa shape index (κ2) is 6.74. The molecule has 6 nitrogen and oxygen atoms in total. The molecule has 0 radical (unpaired) electrons. The highest BCUT2D eigenvalue weighted by Crippen LogP contribution is 2.19. The summed E-state index contributed by atoms with van der Waals surface area (Å²) >= 11 is 0. The fraction of sp³-hybridized carbons (Fsp3) is 0.118. The number of H-pyrrole nitrogens is 1. The molecule has 0 unspecified atom stereocenters. The highest BCUT2D eigenvalue weighted by Gasteiger charge is 2.06. The molecule has 0 atom stereocenters. The lowest BCUT2D eigenvalue weighted by Gasteiger charge is -2.07. The monoisotopic (exact) mass is 308 g/mol. The number of rotatable bonds is 5. The van der Waals surface area contributed by atoms with Crippen molar-refractivity contribution in [3.63, 3.8) is 0 Å². The van der Waals surface area contributed by atoms with Crippen molar-refractivity contribution < 1.29 is 9.53 Å². The number of nitrogens with one attached hydrogen (secondary N) is 2. The highest BCUT2D eigenvalue weighted by atomic mass is 16.5. The van der Waals surface area contributed by atoms with Gasteiger partial charge in [-0.25, -0.2) is 4.98 Å². The highest BCUT2D eigenvalue weighted by molar-refractivity contribution is 5.92. The third-order valence-corrected chi connectivity index (χ3v) is 3.36. The summed E-state index contributed by atoms with van der Waals surface area (Å²) in [7, 11) is 1.61. The van der Waals surface area contributed by atoms with Crippen molar-refractivity contribution >= 4 is 11.6 Å². The summed E-state index contributed by atoms with van der Waals surface area (Å²) in [6, 6.07) is 14.9. The van der Waals surface area contributed by atoms with Crippen molar-refractivity contribution in [2.75, 3.05) is 12.4 Å². The zero-order valence-corrected chi connectivity index (χ0v) is 12.6. The molecular formula is C17H16N4O2. The van der Waals surface area contributed by atoms with Gasteiger partial charge in [0.15, 0.2) is 5.82 Å². The summed E-state index contributed by atoms with van der Waals surface area (Å²) in [5.41, 5.74) is 2.51. The first kappa shape index (κ1) is 14.8.